The fourth-order valence-corrected chi connectivity index (χ4v) is 2.40. The maximum Gasteiger partial charge on any atom is 0.454 e. The second-order valence-electron chi connectivity index (χ2n) is 5.60. The topological polar surface area (TPSA) is 58.2 Å². The van der Waals surface area contributed by atoms with Crippen molar-refractivity contribution >= 4 is 29.0 Å². The molecule has 2 rings (SSSR count). The molecule has 0 saturated carbocycles. The summed E-state index contributed by atoms with van der Waals surface area (Å²) in [7, 11) is 0. The molecular weight excluding hydrogens is 381 g/mol. The number of nitrogens with one attached hydrogen (secondary N) is 2. The van der Waals surface area contributed by atoms with Gasteiger partial charge in [0.25, 0.3) is 5.78 Å². The predicted molar refractivity (Wildman–Crippen MR) is 97.4 cm³/mol. The molecule has 2 aromatic carbocycles. The Balaban J connectivity index is 2.12. The number of hydrogen-bond acceptors (Lipinski definition) is 3. The highest BCUT2D eigenvalue weighted by atomic mass is 35.5. The number of benzene rings is 2. The number of amides is 1. The first kappa shape index (κ1) is 20.5. The van der Waals surface area contributed by atoms with E-state index in [2.05, 4.69) is 10.6 Å². The Labute approximate surface area is 159 Å². The summed E-state index contributed by atoms with van der Waals surface area (Å²) >= 11 is 5.88. The number of anilines is 1. The zero-order chi connectivity index (χ0) is 19.9. The van der Waals surface area contributed by atoms with Crippen molar-refractivity contribution in [2.24, 2.45) is 0 Å². The fraction of sp³-hybridized carbons (Fsp3) is 0.158. The highest BCUT2D eigenvalue weighted by molar-refractivity contribution is 6.30. The molecule has 4 nitrogen and oxygen atoms in total. The molecule has 1 unspecified atom stereocenters. The van der Waals surface area contributed by atoms with Gasteiger partial charge in [-0.25, -0.2) is 0 Å². The van der Waals surface area contributed by atoms with E-state index in [-0.39, 0.29) is 6.42 Å². The van der Waals surface area contributed by atoms with Gasteiger partial charge < -0.3 is 10.6 Å². The summed E-state index contributed by atoms with van der Waals surface area (Å²) in [6.45, 7) is 0. The van der Waals surface area contributed by atoms with Crippen LogP contribution in [0.1, 0.15) is 5.56 Å². The molecule has 1 atom stereocenters. The van der Waals surface area contributed by atoms with Crippen LogP contribution in [0.15, 0.2) is 66.9 Å². The van der Waals surface area contributed by atoms with Gasteiger partial charge in [0, 0.05) is 29.4 Å². The van der Waals surface area contributed by atoms with E-state index < -0.39 is 23.9 Å². The average Bonchev–Trinajstić information content (AvgIpc) is 2.60. The smallest absolute Gasteiger partial charge is 0.379 e. The van der Waals surface area contributed by atoms with Crippen LogP contribution in [0, 0.1) is 0 Å². The minimum Gasteiger partial charge on any atom is -0.379 e. The van der Waals surface area contributed by atoms with E-state index in [9.17, 15) is 22.8 Å². The molecule has 0 heterocycles. The zero-order valence-corrected chi connectivity index (χ0v) is 14.7. The summed E-state index contributed by atoms with van der Waals surface area (Å²) in [6, 6.07) is 14.5. The number of rotatable bonds is 7. The summed E-state index contributed by atoms with van der Waals surface area (Å²) in [4.78, 5) is 23.5. The van der Waals surface area contributed by atoms with E-state index in [1.165, 1.54) is 0 Å². The van der Waals surface area contributed by atoms with Crippen LogP contribution < -0.4 is 10.6 Å². The third kappa shape index (κ3) is 6.79. The van der Waals surface area contributed by atoms with Crippen molar-refractivity contribution in [3.05, 3.63) is 77.5 Å². The number of carbonyl (C=O) groups excluding carboxylic acids is 2. The van der Waals surface area contributed by atoms with Crippen LogP contribution in [0.25, 0.3) is 0 Å². The van der Waals surface area contributed by atoms with Gasteiger partial charge >= 0.3 is 6.18 Å². The van der Waals surface area contributed by atoms with Crippen molar-refractivity contribution in [1.29, 1.82) is 0 Å². The maximum atomic E-state index is 12.5. The van der Waals surface area contributed by atoms with Crippen molar-refractivity contribution in [2.45, 2.75) is 18.6 Å². The van der Waals surface area contributed by atoms with E-state index in [4.69, 9.17) is 11.6 Å². The van der Waals surface area contributed by atoms with Gasteiger partial charge in [0.05, 0.1) is 0 Å². The van der Waals surface area contributed by atoms with Crippen molar-refractivity contribution in [2.75, 3.05) is 5.32 Å². The fourth-order valence-electron chi connectivity index (χ4n) is 2.21. The van der Waals surface area contributed by atoms with E-state index in [0.29, 0.717) is 16.8 Å². The molecule has 2 N–H and O–H groups in total. The lowest BCUT2D eigenvalue weighted by molar-refractivity contribution is -0.165. The number of ketones is 1. The van der Waals surface area contributed by atoms with Gasteiger partial charge in [0.15, 0.2) is 0 Å². The highest BCUT2D eigenvalue weighted by Gasteiger charge is 2.36. The first-order chi connectivity index (χ1) is 12.8. The molecule has 27 heavy (non-hydrogen) atoms. The molecular formula is C19H16ClF3N2O2. The van der Waals surface area contributed by atoms with Crippen molar-refractivity contribution in [3.63, 3.8) is 0 Å². The number of halogens is 4. The Bertz CT molecular complexity index is 823. The van der Waals surface area contributed by atoms with Gasteiger partial charge in [-0.15, -0.1) is 0 Å². The van der Waals surface area contributed by atoms with Gasteiger partial charge in [0.1, 0.15) is 6.04 Å². The van der Waals surface area contributed by atoms with E-state index in [1.807, 2.05) is 0 Å². The minimum absolute atomic E-state index is 0.206. The maximum absolute atomic E-state index is 12.5. The van der Waals surface area contributed by atoms with Crippen molar-refractivity contribution in [1.82, 2.24) is 5.32 Å². The first-order valence-corrected chi connectivity index (χ1v) is 8.27. The summed E-state index contributed by atoms with van der Waals surface area (Å²) in [5.74, 6) is -2.49. The second kappa shape index (κ2) is 9.23. The van der Waals surface area contributed by atoms with Crippen LogP contribution in [0.2, 0.25) is 5.02 Å². The van der Waals surface area contributed by atoms with Gasteiger partial charge in [-0.1, -0.05) is 48.0 Å². The normalized spacial score (nSPS) is 12.6. The third-order valence-electron chi connectivity index (χ3n) is 3.50. The Kier molecular flexibility index (Phi) is 7.01. The van der Waals surface area contributed by atoms with Crippen LogP contribution in [-0.4, -0.2) is 23.9 Å². The standard InChI is InChI=1S/C19H16ClF3N2O2/c20-14-7-4-8-15(12-14)25-18(27)16(11-13-5-2-1-3-6-13)24-10-9-17(26)19(21,22)23/h1-10,12,16,24H,11H2,(H,25,27). The third-order valence-corrected chi connectivity index (χ3v) is 3.74. The molecule has 1 amide bonds. The minimum atomic E-state index is -4.96. The summed E-state index contributed by atoms with van der Waals surface area (Å²) < 4.78 is 36.9. The number of alkyl halides is 3. The van der Waals surface area contributed by atoms with Crippen molar-refractivity contribution < 1.29 is 22.8 Å². The summed E-state index contributed by atoms with van der Waals surface area (Å²) in [6.07, 6.45) is -3.57. The van der Waals surface area contributed by atoms with Crippen LogP contribution in [0.5, 0.6) is 0 Å². The SMILES string of the molecule is O=C(Nc1cccc(Cl)c1)C(Cc1ccccc1)NC=CC(=O)C(F)(F)F. The van der Waals surface area contributed by atoms with Crippen molar-refractivity contribution in [3.8, 4) is 0 Å². The van der Waals surface area contributed by atoms with Gasteiger partial charge in [0.2, 0.25) is 5.91 Å². The first-order valence-electron chi connectivity index (χ1n) is 7.90. The van der Waals surface area contributed by atoms with Crippen LogP contribution >= 0.6 is 11.6 Å². The predicted octanol–water partition coefficient (Wildman–Crippen LogP) is 4.12. The lowest BCUT2D eigenvalue weighted by Crippen LogP contribution is -2.39. The molecule has 0 bridgehead atoms. The Morgan fingerprint density at radius 2 is 1.78 bits per heavy atom. The summed E-state index contributed by atoms with van der Waals surface area (Å²) in [5.41, 5.74) is 1.24. The lowest BCUT2D eigenvalue weighted by Gasteiger charge is -2.17. The van der Waals surface area contributed by atoms with E-state index in [1.54, 1.807) is 54.6 Å². The molecule has 2 aromatic rings. The molecule has 0 aliphatic carbocycles. The molecule has 8 heteroatoms. The van der Waals surface area contributed by atoms with Crippen LogP contribution in [0.4, 0.5) is 18.9 Å². The molecule has 0 aliphatic rings. The molecule has 0 spiro atoms. The largest absolute Gasteiger partial charge is 0.454 e. The zero-order valence-electron chi connectivity index (χ0n) is 14.0. The molecule has 0 radical (unpaired) electrons. The summed E-state index contributed by atoms with van der Waals surface area (Å²) in [5, 5.41) is 5.63. The van der Waals surface area contributed by atoms with Gasteiger partial charge in [-0.05, 0) is 23.8 Å². The quantitative estimate of drug-likeness (QED) is 0.692. The van der Waals surface area contributed by atoms with Crippen LogP contribution in [0.3, 0.4) is 0 Å². The lowest BCUT2D eigenvalue weighted by atomic mass is 10.1. The average molecular weight is 397 g/mol. The monoisotopic (exact) mass is 396 g/mol. The highest BCUT2D eigenvalue weighted by Crippen LogP contribution is 2.17. The Morgan fingerprint density at radius 1 is 1.07 bits per heavy atom. The van der Waals surface area contributed by atoms with Crippen LogP contribution in [-0.2, 0) is 16.0 Å². The second-order valence-corrected chi connectivity index (χ2v) is 6.04. The molecule has 0 fully saturated rings. The number of allylic oxidation sites excluding steroid dienone is 1. The molecule has 0 aliphatic heterocycles. The molecule has 142 valence electrons. The Hall–Kier alpha value is -2.80. The van der Waals surface area contributed by atoms with Gasteiger partial charge in [-0.2, -0.15) is 13.2 Å². The van der Waals surface area contributed by atoms with E-state index in [0.717, 1.165) is 11.8 Å². The molecule has 0 aromatic heterocycles. The van der Waals surface area contributed by atoms with Gasteiger partial charge in [-0.3, -0.25) is 9.59 Å². The Morgan fingerprint density at radius 3 is 2.41 bits per heavy atom. The van der Waals surface area contributed by atoms with E-state index >= 15 is 0 Å². The number of hydrogen-bond donors (Lipinski definition) is 2. The molecule has 0 saturated heterocycles. The number of carbonyl (C=O) groups is 2.